The molecule has 7 heteroatoms. The van der Waals surface area contributed by atoms with Crippen LogP contribution in [0.25, 0.3) is 11.1 Å². The van der Waals surface area contributed by atoms with Gasteiger partial charge in [0.1, 0.15) is 0 Å². The van der Waals surface area contributed by atoms with E-state index in [0.717, 1.165) is 33.6 Å². The van der Waals surface area contributed by atoms with Crippen molar-refractivity contribution in [3.05, 3.63) is 77.9 Å². The van der Waals surface area contributed by atoms with E-state index >= 15 is 0 Å². The van der Waals surface area contributed by atoms with Gasteiger partial charge in [0.15, 0.2) is 0 Å². The Kier molecular flexibility index (Phi) is 7.25. The highest BCUT2D eigenvalue weighted by Crippen LogP contribution is 2.41. The summed E-state index contributed by atoms with van der Waals surface area (Å²) >= 11 is 0. The first-order valence-corrected chi connectivity index (χ1v) is 11.8. The lowest BCUT2D eigenvalue weighted by Gasteiger charge is -2.39. The predicted molar refractivity (Wildman–Crippen MR) is 139 cm³/mol. The van der Waals surface area contributed by atoms with Gasteiger partial charge in [0.25, 0.3) is 0 Å². The summed E-state index contributed by atoms with van der Waals surface area (Å²) in [5.41, 5.74) is 5.97. The lowest BCUT2D eigenvalue weighted by Crippen LogP contribution is -2.43. The van der Waals surface area contributed by atoms with Gasteiger partial charge in [-0.25, -0.2) is 0 Å². The summed E-state index contributed by atoms with van der Waals surface area (Å²) in [6.07, 6.45) is 1.09. The van der Waals surface area contributed by atoms with Crippen LogP contribution in [0.1, 0.15) is 43.9 Å². The van der Waals surface area contributed by atoms with E-state index in [0.29, 0.717) is 12.1 Å². The predicted octanol–water partition coefficient (Wildman–Crippen LogP) is 7.00. The SMILES string of the molecule is C#Cc1ccc(N[C@@H]2C[C@H](C)N(C(C)=O)c3ccc(-c4cccc(NCCC(F)(F)F)c4)cc32)cc1. The molecular weight excluding hydrogens is 463 g/mol. The zero-order valence-electron chi connectivity index (χ0n) is 20.2. The number of anilines is 3. The largest absolute Gasteiger partial charge is 0.390 e. The first-order valence-electron chi connectivity index (χ1n) is 11.8. The number of benzene rings is 3. The Labute approximate surface area is 209 Å². The summed E-state index contributed by atoms with van der Waals surface area (Å²) in [4.78, 5) is 14.3. The molecule has 1 aliphatic rings. The van der Waals surface area contributed by atoms with Crippen molar-refractivity contribution in [2.45, 2.75) is 44.9 Å². The molecule has 0 fully saturated rings. The molecule has 2 N–H and O–H groups in total. The minimum Gasteiger partial charge on any atom is -0.385 e. The fourth-order valence-corrected chi connectivity index (χ4v) is 4.68. The minimum absolute atomic E-state index is 0.00416. The van der Waals surface area contributed by atoms with Gasteiger partial charge in [-0.3, -0.25) is 4.79 Å². The van der Waals surface area contributed by atoms with Crippen LogP contribution in [0.3, 0.4) is 0 Å². The summed E-state index contributed by atoms with van der Waals surface area (Å²) in [5, 5.41) is 6.44. The summed E-state index contributed by atoms with van der Waals surface area (Å²) < 4.78 is 37.6. The zero-order chi connectivity index (χ0) is 25.9. The van der Waals surface area contributed by atoms with Crippen LogP contribution in [-0.2, 0) is 4.79 Å². The number of rotatable bonds is 6. The van der Waals surface area contributed by atoms with E-state index in [1.165, 1.54) is 0 Å². The number of hydrogen-bond acceptors (Lipinski definition) is 3. The number of terminal acetylenes is 1. The van der Waals surface area contributed by atoms with Gasteiger partial charge in [0.05, 0.1) is 12.5 Å². The molecule has 0 unspecified atom stereocenters. The molecule has 2 atom stereocenters. The lowest BCUT2D eigenvalue weighted by molar-refractivity contribution is -0.131. The van der Waals surface area contributed by atoms with Crippen LogP contribution in [-0.4, -0.2) is 24.7 Å². The van der Waals surface area contributed by atoms with Gasteiger partial charge in [-0.05, 0) is 78.6 Å². The van der Waals surface area contributed by atoms with E-state index in [-0.39, 0.29) is 24.5 Å². The third kappa shape index (κ3) is 5.83. The molecule has 1 aliphatic heterocycles. The maximum atomic E-state index is 12.5. The second kappa shape index (κ2) is 10.4. The van der Waals surface area contributed by atoms with Crippen LogP contribution >= 0.6 is 0 Å². The molecule has 4 nitrogen and oxygen atoms in total. The van der Waals surface area contributed by atoms with E-state index < -0.39 is 12.6 Å². The minimum atomic E-state index is -4.20. The average Bonchev–Trinajstić information content (AvgIpc) is 2.83. The summed E-state index contributed by atoms with van der Waals surface area (Å²) in [7, 11) is 0. The van der Waals surface area contributed by atoms with Gasteiger partial charge in [-0.15, -0.1) is 6.42 Å². The van der Waals surface area contributed by atoms with Crippen molar-refractivity contribution in [2.75, 3.05) is 22.1 Å². The first kappa shape index (κ1) is 25.2. The summed E-state index contributed by atoms with van der Waals surface area (Å²) in [5.74, 6) is 2.59. The lowest BCUT2D eigenvalue weighted by atomic mass is 9.88. The topological polar surface area (TPSA) is 44.4 Å². The van der Waals surface area contributed by atoms with Crippen molar-refractivity contribution in [3.63, 3.8) is 0 Å². The van der Waals surface area contributed by atoms with Gasteiger partial charge in [0, 0.05) is 42.1 Å². The molecule has 0 bridgehead atoms. The van der Waals surface area contributed by atoms with Crippen LogP contribution in [0.4, 0.5) is 30.2 Å². The highest BCUT2D eigenvalue weighted by Gasteiger charge is 2.32. The van der Waals surface area contributed by atoms with Crippen LogP contribution in [0.5, 0.6) is 0 Å². The molecule has 0 aliphatic carbocycles. The van der Waals surface area contributed by atoms with Crippen LogP contribution in [0, 0.1) is 12.3 Å². The van der Waals surface area contributed by atoms with Gasteiger partial charge in [0.2, 0.25) is 5.91 Å². The Morgan fingerprint density at radius 2 is 1.78 bits per heavy atom. The van der Waals surface area contributed by atoms with Crippen LogP contribution in [0.2, 0.25) is 0 Å². The van der Waals surface area contributed by atoms with Crippen molar-refractivity contribution in [1.29, 1.82) is 0 Å². The van der Waals surface area contributed by atoms with Gasteiger partial charge < -0.3 is 15.5 Å². The standard InChI is InChI=1S/C29H28F3N3O/c1-4-21-8-11-24(12-9-21)34-27-16-19(2)35(20(3)36)28-13-10-23(18-26(27)28)22-6-5-7-25(17-22)33-15-14-29(30,31)32/h1,5-13,17-19,27,33-34H,14-16H2,2-3H3/t19-,27+/m0/s1. The zero-order valence-corrected chi connectivity index (χ0v) is 20.2. The number of alkyl halides is 3. The quantitative estimate of drug-likeness (QED) is 0.365. The highest BCUT2D eigenvalue weighted by molar-refractivity contribution is 5.94. The number of carbonyl (C=O) groups excluding carboxylic acids is 1. The van der Waals surface area contributed by atoms with Crippen molar-refractivity contribution >= 4 is 23.0 Å². The van der Waals surface area contributed by atoms with Gasteiger partial charge in [-0.1, -0.05) is 24.1 Å². The molecule has 0 saturated heterocycles. The smallest absolute Gasteiger partial charge is 0.385 e. The third-order valence-electron chi connectivity index (χ3n) is 6.35. The Morgan fingerprint density at radius 3 is 2.44 bits per heavy atom. The van der Waals surface area contributed by atoms with Crippen molar-refractivity contribution in [3.8, 4) is 23.5 Å². The van der Waals surface area contributed by atoms with E-state index in [1.807, 2.05) is 66.4 Å². The number of hydrogen-bond donors (Lipinski definition) is 2. The molecule has 0 spiro atoms. The maximum Gasteiger partial charge on any atom is 0.390 e. The molecule has 1 heterocycles. The Balaban J connectivity index is 1.65. The summed E-state index contributed by atoms with van der Waals surface area (Å²) in [6.45, 7) is 3.41. The van der Waals surface area contributed by atoms with E-state index in [2.05, 4.69) is 22.6 Å². The second-order valence-electron chi connectivity index (χ2n) is 9.04. The fourth-order valence-electron chi connectivity index (χ4n) is 4.68. The molecule has 186 valence electrons. The van der Waals surface area contributed by atoms with Gasteiger partial charge >= 0.3 is 6.18 Å². The highest BCUT2D eigenvalue weighted by atomic mass is 19.4. The van der Waals surface area contributed by atoms with E-state index in [1.54, 1.807) is 13.0 Å². The van der Waals surface area contributed by atoms with E-state index in [9.17, 15) is 18.0 Å². The maximum absolute atomic E-state index is 12.5. The number of amides is 1. The molecule has 4 rings (SSSR count). The average molecular weight is 492 g/mol. The molecular formula is C29H28F3N3O. The molecule has 3 aromatic carbocycles. The monoisotopic (exact) mass is 491 g/mol. The first-order chi connectivity index (χ1) is 17.1. The molecule has 0 aromatic heterocycles. The Morgan fingerprint density at radius 1 is 1.06 bits per heavy atom. The Bertz CT molecular complexity index is 1280. The second-order valence-corrected chi connectivity index (χ2v) is 9.04. The third-order valence-corrected chi connectivity index (χ3v) is 6.35. The van der Waals surface area contributed by atoms with E-state index in [4.69, 9.17) is 6.42 Å². The van der Waals surface area contributed by atoms with Crippen LogP contribution in [0.15, 0.2) is 66.7 Å². The van der Waals surface area contributed by atoms with Crippen molar-refractivity contribution < 1.29 is 18.0 Å². The fraction of sp³-hybridized carbons (Fsp3) is 0.276. The van der Waals surface area contributed by atoms with Gasteiger partial charge in [-0.2, -0.15) is 13.2 Å². The summed E-state index contributed by atoms with van der Waals surface area (Å²) in [6, 6.07) is 20.9. The van der Waals surface area contributed by atoms with Crippen LogP contribution < -0.4 is 15.5 Å². The number of carbonyl (C=O) groups is 1. The van der Waals surface area contributed by atoms with Crippen molar-refractivity contribution in [1.82, 2.24) is 0 Å². The number of nitrogens with one attached hydrogen (secondary N) is 2. The molecule has 36 heavy (non-hydrogen) atoms. The number of nitrogens with zero attached hydrogens (tertiary/aromatic N) is 1. The number of fused-ring (bicyclic) bond motifs is 1. The molecule has 0 radical (unpaired) electrons. The number of halogens is 3. The molecule has 0 saturated carbocycles. The van der Waals surface area contributed by atoms with Crippen molar-refractivity contribution in [2.24, 2.45) is 0 Å². The Hall–Kier alpha value is -3.92. The normalized spacial score (nSPS) is 17.2. The molecule has 1 amide bonds. The molecule has 3 aromatic rings.